The first kappa shape index (κ1) is 12.3. The summed E-state index contributed by atoms with van der Waals surface area (Å²) < 4.78 is 5.99. The highest BCUT2D eigenvalue weighted by Crippen LogP contribution is 2.06. The van der Waals surface area contributed by atoms with E-state index in [1.165, 1.54) is 0 Å². The number of morpholine rings is 1. The summed E-state index contributed by atoms with van der Waals surface area (Å²) >= 11 is 3.25. The van der Waals surface area contributed by atoms with Gasteiger partial charge in [0.25, 0.3) is 0 Å². The summed E-state index contributed by atoms with van der Waals surface area (Å²) in [6.07, 6.45) is 3.27. The highest BCUT2D eigenvalue weighted by molar-refractivity contribution is 9.10. The Labute approximate surface area is 108 Å². The van der Waals surface area contributed by atoms with Crippen LogP contribution in [-0.2, 0) is 9.53 Å². The average molecular weight is 301 g/mol. The second-order valence-corrected chi connectivity index (χ2v) is 4.49. The Morgan fingerprint density at radius 2 is 2.06 bits per heavy atom. The van der Waals surface area contributed by atoms with Crippen molar-refractivity contribution in [2.45, 2.75) is 0 Å². The van der Waals surface area contributed by atoms with E-state index < -0.39 is 0 Å². The van der Waals surface area contributed by atoms with Gasteiger partial charge >= 0.3 is 0 Å². The SMILES string of the molecule is O=C(CNc1ncc(Br)cn1)N1CCOCC1. The molecule has 7 heteroatoms. The molecular formula is C10H13BrN4O2. The number of nitrogens with zero attached hydrogens (tertiary/aromatic N) is 3. The van der Waals surface area contributed by atoms with Gasteiger partial charge in [-0.15, -0.1) is 0 Å². The van der Waals surface area contributed by atoms with Crippen LogP contribution in [0.25, 0.3) is 0 Å². The van der Waals surface area contributed by atoms with Crippen molar-refractivity contribution in [2.75, 3.05) is 38.2 Å². The van der Waals surface area contributed by atoms with Crippen LogP contribution in [0.3, 0.4) is 0 Å². The topological polar surface area (TPSA) is 67.4 Å². The van der Waals surface area contributed by atoms with Crippen LogP contribution in [-0.4, -0.2) is 53.6 Å². The summed E-state index contributed by atoms with van der Waals surface area (Å²) in [5.41, 5.74) is 0. The molecule has 0 spiro atoms. The largest absolute Gasteiger partial charge is 0.378 e. The highest BCUT2D eigenvalue weighted by Gasteiger charge is 2.16. The number of aromatic nitrogens is 2. The lowest BCUT2D eigenvalue weighted by Crippen LogP contribution is -2.43. The van der Waals surface area contributed by atoms with Crippen molar-refractivity contribution in [3.8, 4) is 0 Å². The standard InChI is InChI=1S/C10H13BrN4O2/c11-8-5-12-10(13-6-8)14-7-9(16)15-1-3-17-4-2-15/h5-6H,1-4,7H2,(H,12,13,14). The molecule has 0 radical (unpaired) electrons. The smallest absolute Gasteiger partial charge is 0.242 e. The molecule has 1 aromatic heterocycles. The number of halogens is 1. The average Bonchev–Trinajstić information content (AvgIpc) is 2.39. The molecule has 0 atom stereocenters. The van der Waals surface area contributed by atoms with E-state index in [2.05, 4.69) is 31.2 Å². The molecule has 2 rings (SSSR count). The summed E-state index contributed by atoms with van der Waals surface area (Å²) in [4.78, 5) is 21.6. The van der Waals surface area contributed by atoms with Gasteiger partial charge in [0.15, 0.2) is 0 Å². The van der Waals surface area contributed by atoms with E-state index in [1.807, 2.05) is 0 Å². The first-order valence-corrected chi connectivity index (χ1v) is 6.12. The van der Waals surface area contributed by atoms with E-state index in [1.54, 1.807) is 17.3 Å². The van der Waals surface area contributed by atoms with E-state index in [0.29, 0.717) is 32.3 Å². The molecule has 0 saturated carbocycles. The maximum atomic E-state index is 11.8. The Kier molecular flexibility index (Phi) is 4.27. The van der Waals surface area contributed by atoms with Crippen LogP contribution in [0.2, 0.25) is 0 Å². The summed E-state index contributed by atoms with van der Waals surface area (Å²) in [7, 11) is 0. The first-order chi connectivity index (χ1) is 8.25. The zero-order valence-corrected chi connectivity index (χ0v) is 10.8. The van der Waals surface area contributed by atoms with Crippen molar-refractivity contribution < 1.29 is 9.53 Å². The van der Waals surface area contributed by atoms with Gasteiger partial charge in [0, 0.05) is 25.5 Å². The second-order valence-electron chi connectivity index (χ2n) is 3.57. The molecule has 1 saturated heterocycles. The maximum absolute atomic E-state index is 11.8. The van der Waals surface area contributed by atoms with Crippen molar-refractivity contribution >= 4 is 27.8 Å². The number of nitrogens with one attached hydrogen (secondary N) is 1. The van der Waals surface area contributed by atoms with Crippen molar-refractivity contribution in [1.29, 1.82) is 0 Å². The predicted octanol–water partition coefficient (Wildman–Crippen LogP) is 0.510. The normalized spacial score (nSPS) is 15.7. The number of ether oxygens (including phenoxy) is 1. The third kappa shape index (κ3) is 3.64. The fourth-order valence-electron chi connectivity index (χ4n) is 1.48. The van der Waals surface area contributed by atoms with Crippen LogP contribution in [0.15, 0.2) is 16.9 Å². The number of carbonyl (C=O) groups excluding carboxylic acids is 1. The van der Waals surface area contributed by atoms with E-state index >= 15 is 0 Å². The van der Waals surface area contributed by atoms with Crippen molar-refractivity contribution in [3.63, 3.8) is 0 Å². The van der Waals surface area contributed by atoms with Gasteiger partial charge < -0.3 is 15.0 Å². The number of hydrogen-bond donors (Lipinski definition) is 1. The van der Waals surface area contributed by atoms with Crippen LogP contribution in [0, 0.1) is 0 Å². The molecule has 1 amide bonds. The third-order valence-corrected chi connectivity index (χ3v) is 2.79. The first-order valence-electron chi connectivity index (χ1n) is 5.32. The van der Waals surface area contributed by atoms with Gasteiger partial charge in [-0.1, -0.05) is 0 Å². The fraction of sp³-hybridized carbons (Fsp3) is 0.500. The van der Waals surface area contributed by atoms with Crippen LogP contribution in [0.4, 0.5) is 5.95 Å². The van der Waals surface area contributed by atoms with Gasteiger partial charge in [0.1, 0.15) is 0 Å². The molecule has 0 aromatic carbocycles. The molecule has 92 valence electrons. The van der Waals surface area contributed by atoms with Crippen LogP contribution >= 0.6 is 15.9 Å². The predicted molar refractivity (Wildman–Crippen MR) is 65.6 cm³/mol. The molecular weight excluding hydrogens is 288 g/mol. The number of amides is 1. The van der Waals surface area contributed by atoms with E-state index in [-0.39, 0.29) is 12.5 Å². The Balaban J connectivity index is 1.81. The number of anilines is 1. The fourth-order valence-corrected chi connectivity index (χ4v) is 1.69. The summed E-state index contributed by atoms with van der Waals surface area (Å²) in [6.45, 7) is 2.74. The summed E-state index contributed by atoms with van der Waals surface area (Å²) in [5, 5.41) is 2.89. The highest BCUT2D eigenvalue weighted by atomic mass is 79.9. The van der Waals surface area contributed by atoms with Crippen molar-refractivity contribution in [3.05, 3.63) is 16.9 Å². The lowest BCUT2D eigenvalue weighted by molar-refractivity contribution is -0.133. The number of rotatable bonds is 3. The van der Waals surface area contributed by atoms with Gasteiger partial charge in [-0.2, -0.15) is 0 Å². The molecule has 1 N–H and O–H groups in total. The van der Waals surface area contributed by atoms with E-state index in [4.69, 9.17) is 4.74 Å². The molecule has 1 aromatic rings. The Morgan fingerprint density at radius 1 is 1.41 bits per heavy atom. The Morgan fingerprint density at radius 3 is 2.71 bits per heavy atom. The van der Waals surface area contributed by atoms with Crippen LogP contribution < -0.4 is 5.32 Å². The number of carbonyl (C=O) groups is 1. The van der Waals surface area contributed by atoms with Gasteiger partial charge in [0.2, 0.25) is 11.9 Å². The molecule has 0 unspecified atom stereocenters. The molecule has 2 heterocycles. The third-order valence-electron chi connectivity index (χ3n) is 2.38. The van der Waals surface area contributed by atoms with E-state index in [0.717, 1.165) is 4.47 Å². The second kappa shape index (κ2) is 5.92. The molecule has 6 nitrogen and oxygen atoms in total. The monoisotopic (exact) mass is 300 g/mol. The zero-order valence-electron chi connectivity index (χ0n) is 9.23. The zero-order chi connectivity index (χ0) is 12.1. The lowest BCUT2D eigenvalue weighted by Gasteiger charge is -2.26. The molecule has 17 heavy (non-hydrogen) atoms. The minimum atomic E-state index is 0.0415. The Hall–Kier alpha value is -1.21. The van der Waals surface area contributed by atoms with Gasteiger partial charge in [-0.25, -0.2) is 9.97 Å². The van der Waals surface area contributed by atoms with Crippen molar-refractivity contribution in [1.82, 2.24) is 14.9 Å². The molecule has 0 aliphatic carbocycles. The maximum Gasteiger partial charge on any atom is 0.242 e. The van der Waals surface area contributed by atoms with Gasteiger partial charge in [-0.05, 0) is 15.9 Å². The minimum Gasteiger partial charge on any atom is -0.378 e. The quantitative estimate of drug-likeness (QED) is 0.881. The minimum absolute atomic E-state index is 0.0415. The summed E-state index contributed by atoms with van der Waals surface area (Å²) in [5.74, 6) is 0.495. The van der Waals surface area contributed by atoms with Gasteiger partial charge in [0.05, 0.1) is 24.2 Å². The van der Waals surface area contributed by atoms with Crippen LogP contribution in [0.1, 0.15) is 0 Å². The van der Waals surface area contributed by atoms with E-state index in [9.17, 15) is 4.79 Å². The van der Waals surface area contributed by atoms with Crippen molar-refractivity contribution in [2.24, 2.45) is 0 Å². The lowest BCUT2D eigenvalue weighted by atomic mass is 10.4. The van der Waals surface area contributed by atoms with Crippen LogP contribution in [0.5, 0.6) is 0 Å². The molecule has 1 aliphatic heterocycles. The van der Waals surface area contributed by atoms with Gasteiger partial charge in [-0.3, -0.25) is 4.79 Å². The molecule has 1 fully saturated rings. The molecule has 1 aliphatic rings. The Bertz CT molecular complexity index is 378. The molecule has 0 bridgehead atoms. The summed E-state index contributed by atoms with van der Waals surface area (Å²) in [6, 6.07) is 0. The number of hydrogen-bond acceptors (Lipinski definition) is 5.